The summed E-state index contributed by atoms with van der Waals surface area (Å²) in [6.45, 7) is 3.14. The van der Waals surface area contributed by atoms with E-state index in [1.54, 1.807) is 11.3 Å². The first-order chi connectivity index (χ1) is 9.22. The average Bonchev–Trinajstić information content (AvgIpc) is 2.91. The molecule has 0 radical (unpaired) electrons. The molecule has 2 rings (SSSR count). The van der Waals surface area contributed by atoms with Crippen molar-refractivity contribution in [2.75, 3.05) is 6.54 Å². The topological polar surface area (TPSA) is 24.9 Å². The van der Waals surface area contributed by atoms with Gasteiger partial charge in [0, 0.05) is 28.0 Å². The fourth-order valence-electron chi connectivity index (χ4n) is 1.94. The normalized spacial score (nSPS) is 12.6. The molecule has 0 fully saturated rings. The lowest BCUT2D eigenvalue weighted by molar-refractivity contribution is 0.532. The number of thiazole rings is 1. The maximum absolute atomic E-state index is 6.41. The Kier molecular flexibility index (Phi) is 5.82. The Bertz CT molecular complexity index is 516. The zero-order chi connectivity index (χ0) is 13.7. The molecule has 102 valence electrons. The standard InChI is InChI=1S/C14H16BrClN2S/c1-2-6-18-13(7-10-8-17-9-19-10)11-4-3-5-12(15)14(11)16/h3-5,8-9,13,18H,2,6-7H2,1H3. The Balaban J connectivity index is 2.23. The van der Waals surface area contributed by atoms with E-state index >= 15 is 0 Å². The van der Waals surface area contributed by atoms with E-state index in [-0.39, 0.29) is 6.04 Å². The van der Waals surface area contributed by atoms with Crippen molar-refractivity contribution in [3.63, 3.8) is 0 Å². The molecule has 19 heavy (non-hydrogen) atoms. The maximum Gasteiger partial charge on any atom is 0.0794 e. The first kappa shape index (κ1) is 15.0. The molecule has 1 atom stereocenters. The third-order valence-electron chi connectivity index (χ3n) is 2.89. The number of rotatable bonds is 6. The van der Waals surface area contributed by atoms with Crippen LogP contribution >= 0.6 is 38.9 Å². The fraction of sp³-hybridized carbons (Fsp3) is 0.357. The third kappa shape index (κ3) is 4.02. The molecular formula is C14H16BrClN2S. The number of nitrogens with one attached hydrogen (secondary N) is 1. The van der Waals surface area contributed by atoms with Gasteiger partial charge >= 0.3 is 0 Å². The monoisotopic (exact) mass is 358 g/mol. The van der Waals surface area contributed by atoms with E-state index in [4.69, 9.17) is 11.6 Å². The van der Waals surface area contributed by atoms with Gasteiger partial charge in [-0.1, -0.05) is 30.7 Å². The molecule has 1 unspecified atom stereocenters. The minimum atomic E-state index is 0.227. The number of halogens is 2. The zero-order valence-corrected chi connectivity index (χ0v) is 13.9. The van der Waals surface area contributed by atoms with Gasteiger partial charge < -0.3 is 5.32 Å². The Morgan fingerprint density at radius 3 is 3.00 bits per heavy atom. The molecule has 2 aromatic rings. The largest absolute Gasteiger partial charge is 0.310 e. The summed E-state index contributed by atoms with van der Waals surface area (Å²) in [6, 6.07) is 6.31. The van der Waals surface area contributed by atoms with E-state index < -0.39 is 0 Å². The smallest absolute Gasteiger partial charge is 0.0794 e. The van der Waals surface area contributed by atoms with Gasteiger partial charge in [0.05, 0.1) is 10.5 Å². The lowest BCUT2D eigenvalue weighted by atomic mass is 10.0. The fourth-order valence-corrected chi connectivity index (χ4v) is 3.23. The highest BCUT2D eigenvalue weighted by molar-refractivity contribution is 9.10. The number of aromatic nitrogens is 1. The van der Waals surface area contributed by atoms with Crippen LogP contribution in [0.5, 0.6) is 0 Å². The minimum absolute atomic E-state index is 0.227. The summed E-state index contributed by atoms with van der Waals surface area (Å²) < 4.78 is 0.944. The van der Waals surface area contributed by atoms with Gasteiger partial charge in [0.2, 0.25) is 0 Å². The number of hydrogen-bond donors (Lipinski definition) is 1. The predicted octanol–water partition coefficient (Wildman–Crippen LogP) is 4.84. The van der Waals surface area contributed by atoms with Crippen LogP contribution in [0.3, 0.4) is 0 Å². The predicted molar refractivity (Wildman–Crippen MR) is 86.0 cm³/mol. The first-order valence-corrected chi connectivity index (χ1v) is 8.32. The molecule has 0 spiro atoms. The van der Waals surface area contributed by atoms with Crippen molar-refractivity contribution >= 4 is 38.9 Å². The van der Waals surface area contributed by atoms with Crippen LogP contribution in [0.2, 0.25) is 5.02 Å². The van der Waals surface area contributed by atoms with Crippen LogP contribution in [-0.4, -0.2) is 11.5 Å². The lowest BCUT2D eigenvalue weighted by Gasteiger charge is -2.20. The van der Waals surface area contributed by atoms with Crippen molar-refractivity contribution < 1.29 is 0 Å². The summed E-state index contributed by atoms with van der Waals surface area (Å²) in [7, 11) is 0. The first-order valence-electron chi connectivity index (χ1n) is 6.27. The summed E-state index contributed by atoms with van der Waals surface area (Å²) in [6.07, 6.45) is 3.95. The van der Waals surface area contributed by atoms with E-state index in [1.165, 1.54) is 4.88 Å². The quantitative estimate of drug-likeness (QED) is 0.798. The summed E-state index contributed by atoms with van der Waals surface area (Å²) in [5.74, 6) is 0. The van der Waals surface area contributed by atoms with Crippen molar-refractivity contribution in [1.29, 1.82) is 0 Å². The van der Waals surface area contributed by atoms with Crippen LogP contribution < -0.4 is 5.32 Å². The summed E-state index contributed by atoms with van der Waals surface area (Å²) in [5.41, 5.74) is 3.01. The Morgan fingerprint density at radius 1 is 1.47 bits per heavy atom. The van der Waals surface area contributed by atoms with Crippen LogP contribution in [0.1, 0.15) is 29.8 Å². The van der Waals surface area contributed by atoms with Crippen LogP contribution in [0, 0.1) is 0 Å². The highest BCUT2D eigenvalue weighted by Gasteiger charge is 2.16. The van der Waals surface area contributed by atoms with Crippen molar-refractivity contribution in [3.8, 4) is 0 Å². The highest BCUT2D eigenvalue weighted by Crippen LogP contribution is 2.32. The molecule has 5 heteroatoms. The average molecular weight is 360 g/mol. The molecule has 0 saturated heterocycles. The second-order valence-electron chi connectivity index (χ2n) is 4.32. The van der Waals surface area contributed by atoms with Crippen LogP contribution in [-0.2, 0) is 6.42 Å². The molecule has 1 aromatic heterocycles. The minimum Gasteiger partial charge on any atom is -0.310 e. The van der Waals surface area contributed by atoms with Crippen molar-refractivity contribution in [2.45, 2.75) is 25.8 Å². The van der Waals surface area contributed by atoms with E-state index in [9.17, 15) is 0 Å². The van der Waals surface area contributed by atoms with E-state index in [0.717, 1.165) is 34.4 Å². The Labute approximate surface area is 131 Å². The van der Waals surface area contributed by atoms with Gasteiger partial charge in [-0.3, -0.25) is 4.98 Å². The van der Waals surface area contributed by atoms with Crippen molar-refractivity contribution in [3.05, 3.63) is 49.8 Å². The lowest BCUT2D eigenvalue weighted by Crippen LogP contribution is -2.24. The molecular weight excluding hydrogens is 344 g/mol. The zero-order valence-electron chi connectivity index (χ0n) is 10.7. The van der Waals surface area contributed by atoms with Gasteiger partial charge in [0.25, 0.3) is 0 Å². The third-order valence-corrected chi connectivity index (χ3v) is 5.00. The maximum atomic E-state index is 6.41. The van der Waals surface area contributed by atoms with Gasteiger partial charge in [-0.15, -0.1) is 11.3 Å². The van der Waals surface area contributed by atoms with Gasteiger partial charge in [-0.2, -0.15) is 0 Å². The van der Waals surface area contributed by atoms with E-state index in [0.29, 0.717) is 0 Å². The number of nitrogens with zero attached hydrogens (tertiary/aromatic N) is 1. The molecule has 0 aliphatic heterocycles. The molecule has 0 bridgehead atoms. The molecule has 2 nitrogen and oxygen atoms in total. The van der Waals surface area contributed by atoms with Gasteiger partial charge in [-0.25, -0.2) is 0 Å². The van der Waals surface area contributed by atoms with Gasteiger partial charge in [0.15, 0.2) is 0 Å². The van der Waals surface area contributed by atoms with Crippen molar-refractivity contribution in [2.24, 2.45) is 0 Å². The molecule has 0 amide bonds. The van der Waals surface area contributed by atoms with Gasteiger partial charge in [0.1, 0.15) is 0 Å². The van der Waals surface area contributed by atoms with Gasteiger partial charge in [-0.05, 0) is 40.5 Å². The Hall–Kier alpha value is -0.420. The molecule has 0 saturated carbocycles. The number of benzene rings is 1. The number of hydrogen-bond acceptors (Lipinski definition) is 3. The molecule has 1 aromatic carbocycles. The molecule has 1 N–H and O–H groups in total. The van der Waals surface area contributed by atoms with E-state index in [2.05, 4.69) is 39.2 Å². The van der Waals surface area contributed by atoms with Crippen LogP contribution in [0.4, 0.5) is 0 Å². The summed E-state index contributed by atoms with van der Waals surface area (Å²) >= 11 is 11.6. The summed E-state index contributed by atoms with van der Waals surface area (Å²) in [5, 5.41) is 4.36. The second-order valence-corrected chi connectivity index (χ2v) is 6.52. The van der Waals surface area contributed by atoms with Crippen LogP contribution in [0.15, 0.2) is 34.4 Å². The molecule has 0 aliphatic rings. The summed E-state index contributed by atoms with van der Waals surface area (Å²) in [4.78, 5) is 5.41. The van der Waals surface area contributed by atoms with E-state index in [1.807, 2.05) is 23.8 Å². The van der Waals surface area contributed by atoms with Crippen LogP contribution in [0.25, 0.3) is 0 Å². The molecule has 0 aliphatic carbocycles. The second kappa shape index (κ2) is 7.39. The SMILES string of the molecule is CCCNC(Cc1cncs1)c1cccc(Br)c1Cl. The Morgan fingerprint density at radius 2 is 2.32 bits per heavy atom. The highest BCUT2D eigenvalue weighted by atomic mass is 79.9. The van der Waals surface area contributed by atoms with Crippen molar-refractivity contribution in [1.82, 2.24) is 10.3 Å². The molecule has 1 heterocycles.